The fourth-order valence-electron chi connectivity index (χ4n) is 10.1. The van der Waals surface area contributed by atoms with Crippen molar-refractivity contribution in [3.63, 3.8) is 0 Å². The van der Waals surface area contributed by atoms with Gasteiger partial charge in [0.1, 0.15) is 17.7 Å². The van der Waals surface area contributed by atoms with Crippen LogP contribution in [0.15, 0.2) is 66.9 Å². The Labute approximate surface area is 325 Å². The first-order valence-electron chi connectivity index (χ1n) is 20.4. The van der Waals surface area contributed by atoms with Crippen LogP contribution in [0.3, 0.4) is 0 Å². The lowest BCUT2D eigenvalue weighted by atomic mass is 9.94. The summed E-state index contributed by atoms with van der Waals surface area (Å²) in [5.74, 6) is 0.550. The number of rotatable bonds is 8. The number of aromatic nitrogens is 3. The van der Waals surface area contributed by atoms with Gasteiger partial charge in [-0.05, 0) is 111 Å². The molecular formula is C43H48FN9O3. The van der Waals surface area contributed by atoms with E-state index in [1.54, 1.807) is 17.0 Å². The van der Waals surface area contributed by atoms with Gasteiger partial charge in [0.15, 0.2) is 5.65 Å². The van der Waals surface area contributed by atoms with E-state index in [-0.39, 0.29) is 36.0 Å². The molecule has 2 aromatic carbocycles. The molecule has 290 valence electrons. The normalized spacial score (nSPS) is 24.2. The van der Waals surface area contributed by atoms with Crippen molar-refractivity contribution in [1.29, 1.82) is 0 Å². The van der Waals surface area contributed by atoms with Crippen LogP contribution >= 0.6 is 0 Å². The van der Waals surface area contributed by atoms with Crippen LogP contribution < -0.4 is 15.1 Å². The van der Waals surface area contributed by atoms with E-state index in [1.807, 2.05) is 28.9 Å². The second kappa shape index (κ2) is 14.4. The second-order valence-electron chi connectivity index (χ2n) is 16.5. The third-order valence-electron chi connectivity index (χ3n) is 13.1. The minimum atomic E-state index is -0.588. The van der Waals surface area contributed by atoms with Crippen molar-refractivity contribution >= 4 is 40.4 Å². The van der Waals surface area contributed by atoms with Gasteiger partial charge in [-0.15, -0.1) is 5.10 Å². The van der Waals surface area contributed by atoms with E-state index < -0.39 is 6.04 Å². The maximum atomic E-state index is 14.1. The van der Waals surface area contributed by atoms with E-state index in [1.165, 1.54) is 11.6 Å². The van der Waals surface area contributed by atoms with E-state index in [2.05, 4.69) is 49.2 Å². The van der Waals surface area contributed by atoms with E-state index in [0.717, 1.165) is 118 Å². The number of hydrogen-bond donors (Lipinski definition) is 1. The predicted octanol–water partition coefficient (Wildman–Crippen LogP) is 4.66. The van der Waals surface area contributed by atoms with Crippen LogP contribution in [0.4, 0.5) is 15.9 Å². The highest BCUT2D eigenvalue weighted by Gasteiger charge is 2.40. The molecule has 0 aliphatic carbocycles. The van der Waals surface area contributed by atoms with Crippen molar-refractivity contribution in [2.24, 2.45) is 5.92 Å². The number of fused-ring (bicyclic) bond motifs is 2. The minimum Gasteiger partial charge on any atom is -0.371 e. The minimum absolute atomic E-state index is 0.112. The van der Waals surface area contributed by atoms with Crippen LogP contribution in [0.2, 0.25) is 0 Å². The number of nitrogens with zero attached hydrogens (tertiary/aromatic N) is 8. The summed E-state index contributed by atoms with van der Waals surface area (Å²) in [7, 11) is 0. The van der Waals surface area contributed by atoms with Crippen LogP contribution in [0.5, 0.6) is 0 Å². The Bertz CT molecular complexity index is 2220. The molecule has 3 amide bonds. The maximum Gasteiger partial charge on any atom is 0.255 e. The first kappa shape index (κ1) is 35.3. The molecule has 13 heteroatoms. The van der Waals surface area contributed by atoms with Gasteiger partial charge in [-0.2, -0.15) is 0 Å². The average Bonchev–Trinajstić information content (AvgIpc) is 3.94. The number of imide groups is 1. The number of imidazole rings is 1. The largest absolute Gasteiger partial charge is 0.371 e. The Morgan fingerprint density at radius 2 is 1.73 bits per heavy atom. The van der Waals surface area contributed by atoms with Crippen molar-refractivity contribution in [2.75, 3.05) is 62.2 Å². The number of likely N-dealkylation sites (tertiary alicyclic amines) is 1. The van der Waals surface area contributed by atoms with Gasteiger partial charge in [0.05, 0.1) is 17.9 Å². The lowest BCUT2D eigenvalue weighted by Crippen LogP contribution is -2.54. The molecule has 0 spiro atoms. The Balaban J connectivity index is 0.722. The summed E-state index contributed by atoms with van der Waals surface area (Å²) in [5, 5.41) is 7.51. The molecule has 1 unspecified atom stereocenters. The van der Waals surface area contributed by atoms with Gasteiger partial charge in [0.2, 0.25) is 11.8 Å². The van der Waals surface area contributed by atoms with E-state index in [0.29, 0.717) is 30.5 Å². The molecule has 6 aliphatic heterocycles. The lowest BCUT2D eigenvalue weighted by Gasteiger charge is -2.45. The molecule has 12 nitrogen and oxygen atoms in total. The average molecular weight is 758 g/mol. The van der Waals surface area contributed by atoms with E-state index in [4.69, 9.17) is 10.1 Å². The maximum absolute atomic E-state index is 14.1. The molecule has 2 aromatic heterocycles. The topological polar surface area (TPSA) is 110 Å². The first-order chi connectivity index (χ1) is 27.3. The van der Waals surface area contributed by atoms with Gasteiger partial charge < -0.3 is 19.6 Å². The third kappa shape index (κ3) is 6.54. The number of carbonyl (C=O) groups excluding carboxylic acids is 3. The number of piperidine rings is 2. The Hall–Kier alpha value is -5.14. The smallest absolute Gasteiger partial charge is 0.255 e. The van der Waals surface area contributed by atoms with Gasteiger partial charge in [-0.25, -0.2) is 13.9 Å². The zero-order valence-electron chi connectivity index (χ0n) is 31.7. The number of hydrogen-bond acceptors (Lipinski definition) is 9. The third-order valence-corrected chi connectivity index (χ3v) is 13.1. The molecule has 0 bridgehead atoms. The summed E-state index contributed by atoms with van der Waals surface area (Å²) >= 11 is 0. The molecule has 0 saturated carbocycles. The van der Waals surface area contributed by atoms with E-state index >= 15 is 0 Å². The first-order valence-corrected chi connectivity index (χ1v) is 20.4. The van der Waals surface area contributed by atoms with Gasteiger partial charge >= 0.3 is 0 Å². The van der Waals surface area contributed by atoms with Gasteiger partial charge in [0, 0.05) is 75.4 Å². The summed E-state index contributed by atoms with van der Waals surface area (Å²) in [6.45, 7) is 8.59. The lowest BCUT2D eigenvalue weighted by molar-refractivity contribution is -0.136. The van der Waals surface area contributed by atoms with Crippen LogP contribution in [0.1, 0.15) is 78.2 Å². The molecule has 4 aromatic rings. The van der Waals surface area contributed by atoms with Crippen LogP contribution in [0.25, 0.3) is 11.2 Å². The number of anilines is 2. The molecule has 2 atom stereocenters. The van der Waals surface area contributed by atoms with Crippen molar-refractivity contribution in [3.05, 3.63) is 95.1 Å². The fourth-order valence-corrected chi connectivity index (χ4v) is 10.1. The molecule has 0 radical (unpaired) electrons. The number of carbonyl (C=O) groups is 3. The van der Waals surface area contributed by atoms with Gasteiger partial charge in [-0.1, -0.05) is 18.2 Å². The molecule has 56 heavy (non-hydrogen) atoms. The van der Waals surface area contributed by atoms with Crippen LogP contribution in [-0.4, -0.2) is 111 Å². The Kier molecular flexibility index (Phi) is 9.09. The summed E-state index contributed by atoms with van der Waals surface area (Å²) < 4.78 is 16.1. The van der Waals surface area contributed by atoms with Crippen LogP contribution in [0, 0.1) is 11.7 Å². The summed E-state index contributed by atoms with van der Waals surface area (Å²) in [6, 6.07) is 17.2. The molecule has 8 heterocycles. The highest BCUT2D eigenvalue weighted by Crippen LogP contribution is 2.37. The highest BCUT2D eigenvalue weighted by atomic mass is 19.1. The second-order valence-corrected chi connectivity index (χ2v) is 16.5. The van der Waals surface area contributed by atoms with Crippen molar-refractivity contribution < 1.29 is 18.8 Å². The Morgan fingerprint density at radius 3 is 2.57 bits per heavy atom. The fraction of sp³-hybridized carbons (Fsp3) is 0.465. The molecular weight excluding hydrogens is 710 g/mol. The molecule has 6 aliphatic rings. The molecule has 1 N–H and O–H groups in total. The van der Waals surface area contributed by atoms with Crippen LogP contribution in [-0.2, 0) is 16.1 Å². The van der Waals surface area contributed by atoms with Gasteiger partial charge in [0.25, 0.3) is 5.91 Å². The monoisotopic (exact) mass is 757 g/mol. The quantitative estimate of drug-likeness (QED) is 0.257. The standard InChI is InChI=1S/C43H48FN9O3/c44-32-6-1-4-29(20-32)36-7-3-17-51(36)40-12-11-39-45-22-38(53(39)47-40)30-5-2-16-49(26-30)33-14-18-48(19-15-33)23-28-24-50(25-28)34-8-9-35-31(21-34)27-52(43(35)56)37-10-13-41(54)46-42(37)55/h1,4-6,8-9,11-12,20-22,28,33,36-37H,2-3,7,10,13-19,23-27H2,(H,46,54,55)/t36-,37?/m1/s1. The number of amides is 3. The molecule has 4 saturated heterocycles. The van der Waals surface area contributed by atoms with E-state index in [9.17, 15) is 18.8 Å². The zero-order valence-corrected chi connectivity index (χ0v) is 31.7. The van der Waals surface area contributed by atoms with Gasteiger partial charge in [-0.3, -0.25) is 24.6 Å². The van der Waals surface area contributed by atoms with Crippen molar-refractivity contribution in [2.45, 2.75) is 69.6 Å². The zero-order chi connectivity index (χ0) is 37.9. The molecule has 10 rings (SSSR count). The highest BCUT2D eigenvalue weighted by molar-refractivity contribution is 6.05. The van der Waals surface area contributed by atoms with Crippen molar-refractivity contribution in [3.8, 4) is 0 Å². The summed E-state index contributed by atoms with van der Waals surface area (Å²) in [5.41, 5.74) is 6.93. The van der Waals surface area contributed by atoms with Crippen molar-refractivity contribution in [1.82, 2.24) is 34.6 Å². The summed E-state index contributed by atoms with van der Waals surface area (Å²) in [6.07, 6.45) is 10.3. The Morgan fingerprint density at radius 1 is 0.857 bits per heavy atom. The summed E-state index contributed by atoms with van der Waals surface area (Å²) in [4.78, 5) is 53.6. The molecule has 4 fully saturated rings. The number of nitrogens with one attached hydrogen (secondary N) is 1. The SMILES string of the molecule is O=C1CCC(N2Cc3cc(N4CC(CN5CCC(N6CCC=C(c7cnc8ccc(N9CCC[C@@H]9c9cccc(F)c9)nn78)C6)CC5)C4)ccc3C2=O)C(=O)N1. The predicted molar refractivity (Wildman–Crippen MR) is 211 cm³/mol. The number of halogens is 1. The number of benzene rings is 2.